The smallest absolute Gasteiger partial charge is 0.158 e. The van der Waals surface area contributed by atoms with Gasteiger partial charge in [-0.3, -0.25) is 10.3 Å². The molecule has 3 N–H and O–H groups in total. The van der Waals surface area contributed by atoms with Crippen molar-refractivity contribution >= 4 is 11.7 Å². The number of hydrogen-bond donors (Lipinski definition) is 2. The number of aromatic nitrogens is 2. The fourth-order valence-electron chi connectivity index (χ4n) is 2.72. The molecule has 6 nitrogen and oxygen atoms in total. The van der Waals surface area contributed by atoms with Crippen LogP contribution in [0.15, 0.2) is 12.4 Å². The van der Waals surface area contributed by atoms with Crippen LogP contribution < -0.4 is 10.6 Å². The van der Waals surface area contributed by atoms with Crippen molar-refractivity contribution in [3.8, 4) is 0 Å². The summed E-state index contributed by atoms with van der Waals surface area (Å²) in [5.74, 6) is 0.721. The fourth-order valence-corrected chi connectivity index (χ4v) is 2.72. The lowest BCUT2D eigenvalue weighted by atomic mass is 10.2. The third-order valence-corrected chi connectivity index (χ3v) is 3.73. The van der Waals surface area contributed by atoms with Gasteiger partial charge >= 0.3 is 0 Å². The second-order valence-electron chi connectivity index (χ2n) is 4.75. The lowest BCUT2D eigenvalue weighted by Gasteiger charge is -2.26. The summed E-state index contributed by atoms with van der Waals surface area (Å²) < 4.78 is 0. The summed E-state index contributed by atoms with van der Waals surface area (Å²) in [7, 11) is 0. The summed E-state index contributed by atoms with van der Waals surface area (Å²) in [4.78, 5) is 13.2. The molecule has 1 aliphatic heterocycles. The second-order valence-corrected chi connectivity index (χ2v) is 4.75. The van der Waals surface area contributed by atoms with Gasteiger partial charge in [0.1, 0.15) is 11.5 Å². The van der Waals surface area contributed by atoms with Gasteiger partial charge in [-0.15, -0.1) is 0 Å². The van der Waals surface area contributed by atoms with Gasteiger partial charge in [0.15, 0.2) is 5.82 Å². The fraction of sp³-hybridized carbons (Fsp3) is 0.615. The Morgan fingerprint density at radius 2 is 2.11 bits per heavy atom. The van der Waals surface area contributed by atoms with E-state index in [1.807, 2.05) is 0 Å². The van der Waals surface area contributed by atoms with Crippen LogP contribution in [-0.2, 0) is 0 Å². The van der Waals surface area contributed by atoms with E-state index in [9.17, 15) is 0 Å². The first kappa shape index (κ1) is 13.7. The first-order chi connectivity index (χ1) is 9.17. The van der Waals surface area contributed by atoms with Crippen molar-refractivity contribution in [1.82, 2.24) is 14.9 Å². The summed E-state index contributed by atoms with van der Waals surface area (Å²) in [6.07, 6.45) is 4.36. The van der Waals surface area contributed by atoms with Crippen molar-refractivity contribution in [3.63, 3.8) is 0 Å². The van der Waals surface area contributed by atoms with Crippen molar-refractivity contribution in [2.24, 2.45) is 5.73 Å². The molecule has 0 saturated carbocycles. The Morgan fingerprint density at radius 1 is 1.42 bits per heavy atom. The molecule has 0 aliphatic carbocycles. The minimum atomic E-state index is -0.0191. The molecule has 0 amide bonds. The van der Waals surface area contributed by atoms with Gasteiger partial charge in [0.05, 0.1) is 0 Å². The first-order valence-electron chi connectivity index (χ1n) is 6.81. The zero-order valence-corrected chi connectivity index (χ0v) is 11.6. The maximum atomic E-state index is 7.59. The Bertz CT molecular complexity index is 443. The summed E-state index contributed by atoms with van der Waals surface area (Å²) in [6.45, 7) is 8.38. The molecule has 1 saturated heterocycles. The summed E-state index contributed by atoms with van der Waals surface area (Å²) >= 11 is 0. The normalized spacial score (nSPS) is 19.1. The van der Waals surface area contributed by atoms with E-state index in [0.717, 1.165) is 38.4 Å². The van der Waals surface area contributed by atoms with Crippen molar-refractivity contribution < 1.29 is 0 Å². The van der Waals surface area contributed by atoms with Crippen LogP contribution in [0.5, 0.6) is 0 Å². The standard InChI is InChI=1S/C13H22N6/c1-3-18(4-2)10-5-8-19(9-10)13-11(12(14)15)16-6-7-17-13/h6-7,10H,3-5,8-9H2,1-2H3,(H3,14,15). The number of nitrogens with one attached hydrogen (secondary N) is 1. The van der Waals surface area contributed by atoms with Crippen LogP contribution in [0.1, 0.15) is 26.0 Å². The molecule has 0 aromatic carbocycles. The van der Waals surface area contributed by atoms with Crippen LogP contribution in [0.3, 0.4) is 0 Å². The van der Waals surface area contributed by atoms with Crippen LogP contribution in [0, 0.1) is 5.41 Å². The van der Waals surface area contributed by atoms with Crippen LogP contribution in [0.4, 0.5) is 5.82 Å². The Labute approximate surface area is 114 Å². The molecule has 19 heavy (non-hydrogen) atoms. The molecule has 1 atom stereocenters. The highest BCUT2D eigenvalue weighted by atomic mass is 15.3. The van der Waals surface area contributed by atoms with E-state index < -0.39 is 0 Å². The molecule has 2 heterocycles. The lowest BCUT2D eigenvalue weighted by molar-refractivity contribution is 0.232. The molecule has 1 unspecified atom stereocenters. The van der Waals surface area contributed by atoms with Gasteiger partial charge < -0.3 is 10.6 Å². The molecule has 104 valence electrons. The van der Waals surface area contributed by atoms with Gasteiger partial charge in [-0.05, 0) is 19.5 Å². The van der Waals surface area contributed by atoms with Crippen LogP contribution in [0.2, 0.25) is 0 Å². The first-order valence-corrected chi connectivity index (χ1v) is 6.81. The molecule has 1 aromatic heterocycles. The zero-order valence-electron chi connectivity index (χ0n) is 11.6. The minimum Gasteiger partial charge on any atom is -0.382 e. The Hall–Kier alpha value is -1.69. The molecule has 0 bridgehead atoms. The molecule has 6 heteroatoms. The average Bonchev–Trinajstić information content (AvgIpc) is 2.89. The van der Waals surface area contributed by atoms with E-state index in [-0.39, 0.29) is 5.84 Å². The van der Waals surface area contributed by atoms with Gasteiger partial charge in [0.25, 0.3) is 0 Å². The number of likely N-dealkylation sites (N-methyl/N-ethyl adjacent to an activating group) is 1. The second kappa shape index (κ2) is 5.97. The van der Waals surface area contributed by atoms with Crippen LogP contribution in [0.25, 0.3) is 0 Å². The van der Waals surface area contributed by atoms with Crippen LogP contribution >= 0.6 is 0 Å². The van der Waals surface area contributed by atoms with Crippen LogP contribution in [-0.4, -0.2) is 52.9 Å². The molecule has 0 radical (unpaired) electrons. The number of hydrogen-bond acceptors (Lipinski definition) is 5. The van der Waals surface area contributed by atoms with Crippen molar-refractivity contribution in [3.05, 3.63) is 18.1 Å². The molecule has 0 spiro atoms. The van der Waals surface area contributed by atoms with Gasteiger partial charge in [-0.1, -0.05) is 13.8 Å². The minimum absolute atomic E-state index is 0.0191. The number of nitrogens with zero attached hydrogens (tertiary/aromatic N) is 4. The maximum absolute atomic E-state index is 7.59. The number of amidine groups is 1. The van der Waals surface area contributed by atoms with Gasteiger partial charge in [-0.25, -0.2) is 9.97 Å². The number of anilines is 1. The number of nitrogen functional groups attached to an aromatic ring is 1. The van der Waals surface area contributed by atoms with E-state index in [0.29, 0.717) is 11.7 Å². The quantitative estimate of drug-likeness (QED) is 0.602. The van der Waals surface area contributed by atoms with Crippen molar-refractivity contribution in [2.75, 3.05) is 31.1 Å². The molecular formula is C13H22N6. The zero-order chi connectivity index (χ0) is 13.8. The summed E-state index contributed by atoms with van der Waals surface area (Å²) in [5.41, 5.74) is 6.06. The molecule has 1 aliphatic rings. The van der Waals surface area contributed by atoms with E-state index in [1.165, 1.54) is 0 Å². The Kier molecular flexibility index (Phi) is 4.31. The summed E-state index contributed by atoms with van der Waals surface area (Å²) in [5, 5.41) is 7.59. The summed E-state index contributed by atoms with van der Waals surface area (Å²) in [6, 6.07) is 0.553. The highest BCUT2D eigenvalue weighted by molar-refractivity contribution is 5.97. The average molecular weight is 262 g/mol. The van der Waals surface area contributed by atoms with E-state index in [4.69, 9.17) is 11.1 Å². The number of nitrogens with two attached hydrogens (primary N) is 1. The maximum Gasteiger partial charge on any atom is 0.158 e. The third kappa shape index (κ3) is 2.84. The molecule has 1 aromatic rings. The van der Waals surface area contributed by atoms with E-state index >= 15 is 0 Å². The van der Waals surface area contributed by atoms with Gasteiger partial charge in [0.2, 0.25) is 0 Å². The molecular weight excluding hydrogens is 240 g/mol. The van der Waals surface area contributed by atoms with E-state index in [1.54, 1.807) is 12.4 Å². The number of rotatable bonds is 5. The monoisotopic (exact) mass is 262 g/mol. The van der Waals surface area contributed by atoms with Crippen molar-refractivity contribution in [2.45, 2.75) is 26.3 Å². The predicted molar refractivity (Wildman–Crippen MR) is 76.6 cm³/mol. The third-order valence-electron chi connectivity index (χ3n) is 3.73. The predicted octanol–water partition coefficient (Wildman–Crippen LogP) is 0.681. The largest absolute Gasteiger partial charge is 0.382 e. The SMILES string of the molecule is CCN(CC)C1CCN(c2nccnc2C(=N)N)C1. The molecule has 1 fully saturated rings. The highest BCUT2D eigenvalue weighted by Crippen LogP contribution is 2.23. The molecule has 2 rings (SSSR count). The Morgan fingerprint density at radius 3 is 2.74 bits per heavy atom. The Balaban J connectivity index is 2.15. The topological polar surface area (TPSA) is 82.1 Å². The highest BCUT2D eigenvalue weighted by Gasteiger charge is 2.28. The van der Waals surface area contributed by atoms with Gasteiger partial charge in [-0.2, -0.15) is 0 Å². The van der Waals surface area contributed by atoms with Gasteiger partial charge in [0, 0.05) is 31.5 Å². The lowest BCUT2D eigenvalue weighted by Crippen LogP contribution is -2.37. The van der Waals surface area contributed by atoms with E-state index in [2.05, 4.69) is 33.6 Å². The van der Waals surface area contributed by atoms with Crippen molar-refractivity contribution in [1.29, 1.82) is 5.41 Å².